The monoisotopic (exact) mass is 910 g/mol. The smallest absolute Gasteiger partial charge is 0.326 e. The van der Waals surface area contributed by atoms with Gasteiger partial charge in [-0.05, 0) is 46.9 Å². The third kappa shape index (κ3) is 15.0. The molecule has 1 heterocycles. The molecule has 356 valence electrons. The normalized spacial score (nSPS) is 15.0. The Labute approximate surface area is 386 Å². The van der Waals surface area contributed by atoms with E-state index in [1.54, 1.807) is 13.1 Å². The lowest BCUT2D eigenvalue weighted by molar-refractivity contribution is -0.142. The summed E-state index contributed by atoms with van der Waals surface area (Å²) in [5.74, 6) is -6.85. The third-order valence-corrected chi connectivity index (χ3v) is 12.0. The topological polar surface area (TPSA) is 248 Å². The average molecular weight is 910 g/mol. The Balaban J connectivity index is 1.53. The number of aromatic amines is 1. The predicted octanol–water partition coefficient (Wildman–Crippen LogP) is 4.64. The number of amides is 5. The van der Waals surface area contributed by atoms with Crippen LogP contribution in [0.4, 0.5) is 0 Å². The highest BCUT2D eigenvalue weighted by Crippen LogP contribution is 2.29. The minimum atomic E-state index is -1.29. The lowest BCUT2D eigenvalue weighted by Crippen LogP contribution is -2.60. The number of nitrogens with one attached hydrogen (secondary N) is 7. The van der Waals surface area contributed by atoms with E-state index in [2.05, 4.69) is 36.9 Å². The van der Waals surface area contributed by atoms with E-state index in [0.29, 0.717) is 18.4 Å². The van der Waals surface area contributed by atoms with Crippen molar-refractivity contribution < 1.29 is 43.8 Å². The molecular formula is C50H67N7O9. The van der Waals surface area contributed by atoms with Gasteiger partial charge in [0.2, 0.25) is 29.5 Å². The molecule has 9 N–H and O–H groups in total. The number of hydrogen-bond acceptors (Lipinski definition) is 8. The number of carboxylic acids is 2. The molecule has 4 aromatic rings. The van der Waals surface area contributed by atoms with E-state index in [1.165, 1.54) is 6.92 Å². The number of aromatic nitrogens is 1. The van der Waals surface area contributed by atoms with Gasteiger partial charge in [-0.3, -0.25) is 28.8 Å². The highest BCUT2D eigenvalue weighted by molar-refractivity contribution is 5.94. The fourth-order valence-electron chi connectivity index (χ4n) is 8.05. The molecule has 0 aliphatic rings. The number of carbonyl (C=O) groups excluding carboxylic acids is 5. The molecule has 0 saturated carbocycles. The van der Waals surface area contributed by atoms with Gasteiger partial charge >= 0.3 is 11.9 Å². The first kappa shape index (κ1) is 52.1. The van der Waals surface area contributed by atoms with Gasteiger partial charge in [-0.15, -0.1) is 0 Å². The van der Waals surface area contributed by atoms with E-state index >= 15 is 0 Å². The van der Waals surface area contributed by atoms with Crippen molar-refractivity contribution in [3.8, 4) is 0 Å². The lowest BCUT2D eigenvalue weighted by Gasteiger charge is -2.31. The Bertz CT molecular complexity index is 2210. The van der Waals surface area contributed by atoms with E-state index in [0.717, 1.165) is 22.0 Å². The number of H-pyrrole nitrogens is 1. The number of hydrogen-bond donors (Lipinski definition) is 9. The molecular weight excluding hydrogens is 843 g/mol. The van der Waals surface area contributed by atoms with Gasteiger partial charge in [0.25, 0.3) is 0 Å². The van der Waals surface area contributed by atoms with Crippen LogP contribution in [0, 0.1) is 17.8 Å². The number of aliphatic carboxylic acids is 2. The second-order valence-corrected chi connectivity index (χ2v) is 17.6. The Morgan fingerprint density at radius 2 is 1.14 bits per heavy atom. The number of carboxylic acid groups (broad SMARTS) is 2. The molecule has 0 bridgehead atoms. The van der Waals surface area contributed by atoms with Crippen LogP contribution in [0.25, 0.3) is 10.9 Å². The van der Waals surface area contributed by atoms with Crippen molar-refractivity contribution in [2.24, 2.45) is 17.8 Å². The molecule has 3 aromatic carbocycles. The molecule has 5 amide bonds. The summed E-state index contributed by atoms with van der Waals surface area (Å²) in [7, 11) is 0. The van der Waals surface area contributed by atoms with Crippen molar-refractivity contribution in [2.75, 3.05) is 6.54 Å². The minimum absolute atomic E-state index is 0.000517. The summed E-state index contributed by atoms with van der Waals surface area (Å²) in [5.41, 5.74) is 3.06. The Hall–Kier alpha value is -6.55. The van der Waals surface area contributed by atoms with Crippen LogP contribution in [0.2, 0.25) is 0 Å². The van der Waals surface area contributed by atoms with Gasteiger partial charge < -0.3 is 47.1 Å². The first-order valence-corrected chi connectivity index (χ1v) is 22.7. The average Bonchev–Trinajstić information content (AvgIpc) is 3.69. The summed E-state index contributed by atoms with van der Waals surface area (Å²) in [4.78, 5) is 96.9. The molecule has 16 heteroatoms. The van der Waals surface area contributed by atoms with E-state index in [-0.39, 0.29) is 31.2 Å². The molecule has 0 radical (unpaired) electrons. The molecule has 0 aliphatic carbocycles. The van der Waals surface area contributed by atoms with Crippen molar-refractivity contribution in [1.82, 2.24) is 36.9 Å². The molecule has 0 saturated heterocycles. The van der Waals surface area contributed by atoms with Gasteiger partial charge in [0.05, 0.1) is 18.5 Å². The highest BCUT2D eigenvalue weighted by Gasteiger charge is 2.37. The van der Waals surface area contributed by atoms with Gasteiger partial charge in [-0.1, -0.05) is 133 Å². The van der Waals surface area contributed by atoms with Crippen LogP contribution in [-0.2, 0) is 40.0 Å². The van der Waals surface area contributed by atoms with E-state index in [4.69, 9.17) is 0 Å². The Morgan fingerprint density at radius 1 is 0.606 bits per heavy atom. The summed E-state index contributed by atoms with van der Waals surface area (Å²) in [5, 5.41) is 38.0. The second-order valence-electron chi connectivity index (χ2n) is 17.6. The standard InChI is InChI=1S/C50H67N7O9/c1-8-30(5)43(47(62)57-44(31(6)9-2)48(63)56-40(50(65)66)25-35-27-51-38-23-17-16-22-37(35)38)52-28-36(26-41(59)60)54-46(61)39(24-29(3)4)55-49(64)45(53-32(7)58)42(33-18-12-10-13-19-33)34-20-14-11-15-21-34/h10-23,27,29-31,36,39-40,42-45,51-52H,8-9,24-26,28H2,1-7H3,(H,53,58)(H,54,61)(H,55,64)(H,56,63)(H,57,62)(H,59,60)(H,65,66)/t30-,31-,36-,39-,40-,43-,44-,45+/m0/s1. The SMILES string of the molecule is CC[C@H](C)[C@H](NC[C@H](CC(=O)O)NC(=O)[C@H](CC(C)C)NC(=O)[C@H](NC(C)=O)C(c1ccccc1)c1ccccc1)C(=O)N[C@H](C(=O)N[C@@H](Cc1c[nH]c2ccccc12)C(=O)O)[C@@H](C)CC. The van der Waals surface area contributed by atoms with Crippen molar-refractivity contribution in [3.63, 3.8) is 0 Å². The summed E-state index contributed by atoms with van der Waals surface area (Å²) >= 11 is 0. The van der Waals surface area contributed by atoms with Crippen molar-refractivity contribution in [2.45, 2.75) is 123 Å². The molecule has 66 heavy (non-hydrogen) atoms. The number of fused-ring (bicyclic) bond motifs is 1. The predicted molar refractivity (Wildman–Crippen MR) is 252 cm³/mol. The molecule has 0 spiro atoms. The number of carbonyl (C=O) groups is 7. The number of benzene rings is 3. The largest absolute Gasteiger partial charge is 0.481 e. The van der Waals surface area contributed by atoms with Crippen molar-refractivity contribution in [3.05, 3.63) is 108 Å². The van der Waals surface area contributed by atoms with E-state index in [9.17, 15) is 43.8 Å². The van der Waals surface area contributed by atoms with Crippen molar-refractivity contribution in [1.29, 1.82) is 0 Å². The molecule has 16 nitrogen and oxygen atoms in total. The quantitative estimate of drug-likeness (QED) is 0.0422. The number of para-hydroxylation sites is 1. The first-order valence-electron chi connectivity index (χ1n) is 22.7. The Kier molecular flexibility index (Phi) is 19.9. The van der Waals surface area contributed by atoms with E-state index in [1.807, 2.05) is 120 Å². The summed E-state index contributed by atoms with van der Waals surface area (Å²) < 4.78 is 0. The molecule has 0 fully saturated rings. The molecule has 1 aromatic heterocycles. The fourth-order valence-corrected chi connectivity index (χ4v) is 8.05. The maximum Gasteiger partial charge on any atom is 0.326 e. The van der Waals surface area contributed by atoms with E-state index < -0.39 is 96.0 Å². The van der Waals surface area contributed by atoms with Crippen LogP contribution in [-0.4, -0.2) is 99.5 Å². The maximum atomic E-state index is 14.3. The van der Waals surface area contributed by atoms with Gasteiger partial charge in [-0.25, -0.2) is 4.79 Å². The first-order chi connectivity index (χ1) is 31.4. The minimum Gasteiger partial charge on any atom is -0.481 e. The second kappa shape index (κ2) is 25.2. The zero-order valence-electron chi connectivity index (χ0n) is 38.9. The van der Waals surface area contributed by atoms with Gasteiger partial charge in [-0.2, -0.15) is 0 Å². The van der Waals surface area contributed by atoms with Crippen LogP contribution in [0.3, 0.4) is 0 Å². The van der Waals surface area contributed by atoms with Gasteiger partial charge in [0.15, 0.2) is 0 Å². The molecule has 8 atom stereocenters. The van der Waals surface area contributed by atoms with Gasteiger partial charge in [0.1, 0.15) is 24.2 Å². The molecule has 0 aliphatic heterocycles. The highest BCUT2D eigenvalue weighted by atomic mass is 16.4. The summed E-state index contributed by atoms with van der Waals surface area (Å²) in [6.45, 7) is 12.2. The maximum absolute atomic E-state index is 14.3. The Morgan fingerprint density at radius 3 is 1.68 bits per heavy atom. The lowest BCUT2D eigenvalue weighted by atomic mass is 9.84. The van der Waals surface area contributed by atoms with Crippen LogP contribution in [0.1, 0.15) is 96.8 Å². The molecule has 0 unspecified atom stereocenters. The van der Waals surface area contributed by atoms with Gasteiger partial charge in [0, 0.05) is 42.9 Å². The van der Waals surface area contributed by atoms with Crippen LogP contribution < -0.4 is 31.9 Å². The van der Waals surface area contributed by atoms with Crippen LogP contribution in [0.5, 0.6) is 0 Å². The van der Waals surface area contributed by atoms with Crippen LogP contribution in [0.15, 0.2) is 91.1 Å². The zero-order valence-corrected chi connectivity index (χ0v) is 38.9. The summed E-state index contributed by atoms with van der Waals surface area (Å²) in [6.07, 6.45) is 2.35. The zero-order chi connectivity index (χ0) is 48.5. The molecule has 4 rings (SSSR count). The third-order valence-electron chi connectivity index (χ3n) is 12.0. The number of rotatable bonds is 26. The summed E-state index contributed by atoms with van der Waals surface area (Å²) in [6, 6.07) is 19.2. The fraction of sp³-hybridized carbons (Fsp3) is 0.460. The van der Waals surface area contributed by atoms with Crippen molar-refractivity contribution >= 4 is 52.4 Å². The van der Waals surface area contributed by atoms with Crippen LogP contribution >= 0.6 is 0 Å².